The van der Waals surface area contributed by atoms with Gasteiger partial charge in [-0.25, -0.2) is 0 Å². The number of nitrogens with one attached hydrogen (secondary N) is 1. The van der Waals surface area contributed by atoms with Crippen LogP contribution in [0.2, 0.25) is 0 Å². The Kier molecular flexibility index (Phi) is 5.82. The average molecular weight is 330 g/mol. The van der Waals surface area contributed by atoms with Gasteiger partial charge in [0.15, 0.2) is 5.75 Å². The van der Waals surface area contributed by atoms with Crippen molar-refractivity contribution in [2.75, 3.05) is 19.8 Å². The highest BCUT2D eigenvalue weighted by atomic mass is 16.5. The minimum atomic E-state index is 0.0413. The molecule has 6 nitrogen and oxygen atoms in total. The number of ether oxygens (including phenoxy) is 2. The number of hydrogen-bond donors (Lipinski definition) is 1. The molecule has 6 heteroatoms. The summed E-state index contributed by atoms with van der Waals surface area (Å²) in [5.41, 5.74) is 2.63. The molecule has 2 aromatic rings. The van der Waals surface area contributed by atoms with E-state index in [2.05, 4.69) is 35.3 Å². The second-order valence-corrected chi connectivity index (χ2v) is 6.19. The van der Waals surface area contributed by atoms with Gasteiger partial charge in [-0.2, -0.15) is 5.10 Å². The van der Waals surface area contributed by atoms with E-state index >= 15 is 0 Å². The summed E-state index contributed by atoms with van der Waals surface area (Å²) >= 11 is 0. The van der Waals surface area contributed by atoms with Gasteiger partial charge in [0.25, 0.3) is 0 Å². The van der Waals surface area contributed by atoms with Gasteiger partial charge >= 0.3 is 0 Å². The summed E-state index contributed by atoms with van der Waals surface area (Å²) in [4.78, 5) is 4.20. The van der Waals surface area contributed by atoms with Crippen molar-refractivity contribution < 1.29 is 9.47 Å². The fourth-order valence-corrected chi connectivity index (χ4v) is 2.92. The first-order valence-corrected chi connectivity index (χ1v) is 8.66. The molecule has 1 fully saturated rings. The fourth-order valence-electron chi connectivity index (χ4n) is 2.92. The van der Waals surface area contributed by atoms with E-state index in [9.17, 15) is 0 Å². The van der Waals surface area contributed by atoms with Crippen LogP contribution in [0.4, 0.5) is 0 Å². The van der Waals surface area contributed by atoms with Crippen molar-refractivity contribution in [3.8, 4) is 5.75 Å². The van der Waals surface area contributed by atoms with Crippen LogP contribution >= 0.6 is 0 Å². The predicted octanol–water partition coefficient (Wildman–Crippen LogP) is 1.98. The summed E-state index contributed by atoms with van der Waals surface area (Å²) in [5, 5.41) is 7.81. The molecule has 2 aromatic heterocycles. The highest BCUT2D eigenvalue weighted by Gasteiger charge is 2.29. The molecule has 1 aliphatic heterocycles. The van der Waals surface area contributed by atoms with Crippen LogP contribution in [-0.2, 0) is 17.7 Å². The monoisotopic (exact) mass is 330 g/mol. The summed E-state index contributed by atoms with van der Waals surface area (Å²) in [5.74, 6) is 0.810. The Morgan fingerprint density at radius 2 is 2.29 bits per heavy atom. The number of rotatable bonds is 8. The largest absolute Gasteiger partial charge is 0.483 e. The van der Waals surface area contributed by atoms with E-state index in [1.807, 2.05) is 23.3 Å². The maximum atomic E-state index is 6.02. The highest BCUT2D eigenvalue weighted by Crippen LogP contribution is 2.16. The highest BCUT2D eigenvalue weighted by molar-refractivity contribution is 5.21. The van der Waals surface area contributed by atoms with Gasteiger partial charge in [0.1, 0.15) is 6.10 Å². The second kappa shape index (κ2) is 8.26. The number of aromatic nitrogens is 3. The zero-order chi connectivity index (χ0) is 16.8. The molecular formula is C18H26N4O2. The van der Waals surface area contributed by atoms with Gasteiger partial charge in [-0.1, -0.05) is 0 Å². The molecule has 0 saturated carbocycles. The summed E-state index contributed by atoms with van der Waals surface area (Å²) in [6, 6.07) is 2.29. The minimum Gasteiger partial charge on any atom is -0.483 e. The van der Waals surface area contributed by atoms with E-state index in [4.69, 9.17) is 9.47 Å². The van der Waals surface area contributed by atoms with Crippen LogP contribution in [0.25, 0.3) is 0 Å². The van der Waals surface area contributed by atoms with Crippen molar-refractivity contribution in [2.45, 2.75) is 45.4 Å². The maximum absolute atomic E-state index is 6.02. The van der Waals surface area contributed by atoms with Crippen LogP contribution in [0.1, 0.15) is 24.5 Å². The topological polar surface area (TPSA) is 61.2 Å². The van der Waals surface area contributed by atoms with Crippen molar-refractivity contribution in [1.29, 1.82) is 0 Å². The Balaban J connectivity index is 1.43. The molecule has 0 aromatic carbocycles. The molecule has 0 spiro atoms. The van der Waals surface area contributed by atoms with E-state index in [1.54, 1.807) is 6.20 Å². The standard InChI is InChI=1S/C18H26N4O2/c1-3-22-11-16(10-21-22)24-18-13-23-12-17(18)20-7-4-5-15-9-19-8-6-14(15)2/h6,8-11,17-18,20H,3-5,7,12-13H2,1-2H3/t17-,18+/m0/s1. The van der Waals surface area contributed by atoms with Crippen molar-refractivity contribution >= 4 is 0 Å². The molecule has 2 atom stereocenters. The first-order valence-electron chi connectivity index (χ1n) is 8.66. The van der Waals surface area contributed by atoms with Crippen LogP contribution in [0.5, 0.6) is 5.75 Å². The molecule has 130 valence electrons. The zero-order valence-electron chi connectivity index (χ0n) is 14.4. The summed E-state index contributed by atoms with van der Waals surface area (Å²) in [6.07, 6.45) is 9.66. The van der Waals surface area contributed by atoms with Gasteiger partial charge in [0.05, 0.1) is 31.6 Å². The van der Waals surface area contributed by atoms with Crippen molar-refractivity contribution in [3.63, 3.8) is 0 Å². The van der Waals surface area contributed by atoms with Gasteiger partial charge in [-0.15, -0.1) is 0 Å². The van der Waals surface area contributed by atoms with E-state index in [-0.39, 0.29) is 12.1 Å². The lowest BCUT2D eigenvalue weighted by Gasteiger charge is -2.19. The molecule has 0 radical (unpaired) electrons. The molecule has 0 aliphatic carbocycles. The van der Waals surface area contributed by atoms with Crippen LogP contribution in [0.15, 0.2) is 30.9 Å². The van der Waals surface area contributed by atoms with Crippen molar-refractivity contribution in [1.82, 2.24) is 20.1 Å². The summed E-state index contributed by atoms with van der Waals surface area (Å²) in [7, 11) is 0. The fraction of sp³-hybridized carbons (Fsp3) is 0.556. The molecule has 0 bridgehead atoms. The summed E-state index contributed by atoms with van der Waals surface area (Å²) < 4.78 is 13.5. The number of nitrogens with zero attached hydrogens (tertiary/aromatic N) is 3. The lowest BCUT2D eigenvalue weighted by atomic mass is 10.1. The molecule has 1 N–H and O–H groups in total. The lowest BCUT2D eigenvalue weighted by Crippen LogP contribution is -2.42. The van der Waals surface area contributed by atoms with Crippen molar-refractivity contribution in [3.05, 3.63) is 42.0 Å². The molecule has 1 aliphatic rings. The van der Waals surface area contributed by atoms with Gasteiger partial charge in [-0.05, 0) is 50.4 Å². The zero-order valence-corrected chi connectivity index (χ0v) is 14.4. The lowest BCUT2D eigenvalue weighted by molar-refractivity contribution is 0.139. The van der Waals surface area contributed by atoms with Gasteiger partial charge < -0.3 is 14.8 Å². The van der Waals surface area contributed by atoms with E-state index in [1.165, 1.54) is 11.1 Å². The predicted molar refractivity (Wildman–Crippen MR) is 92.2 cm³/mol. The molecular weight excluding hydrogens is 304 g/mol. The summed E-state index contributed by atoms with van der Waals surface area (Å²) in [6.45, 7) is 7.30. The maximum Gasteiger partial charge on any atom is 0.157 e. The van der Waals surface area contributed by atoms with Crippen LogP contribution in [-0.4, -0.2) is 46.7 Å². The van der Waals surface area contributed by atoms with Crippen LogP contribution in [0, 0.1) is 6.92 Å². The van der Waals surface area contributed by atoms with E-state index in [0.717, 1.165) is 31.7 Å². The quantitative estimate of drug-likeness (QED) is 0.750. The smallest absolute Gasteiger partial charge is 0.157 e. The molecule has 3 heterocycles. The van der Waals surface area contributed by atoms with E-state index in [0.29, 0.717) is 13.2 Å². The second-order valence-electron chi connectivity index (χ2n) is 6.19. The SMILES string of the molecule is CCn1cc(O[C@@H]2COC[C@@H]2NCCCc2cnccc2C)cn1. The van der Waals surface area contributed by atoms with E-state index < -0.39 is 0 Å². The average Bonchev–Trinajstić information content (AvgIpc) is 3.23. The third kappa shape index (κ3) is 4.33. The van der Waals surface area contributed by atoms with Crippen LogP contribution < -0.4 is 10.1 Å². The van der Waals surface area contributed by atoms with Gasteiger partial charge in [-0.3, -0.25) is 9.67 Å². The molecule has 0 amide bonds. The first kappa shape index (κ1) is 16.9. The number of hydrogen-bond acceptors (Lipinski definition) is 5. The number of aryl methyl sites for hydroxylation is 3. The molecule has 3 rings (SSSR count). The Labute approximate surface area is 143 Å². The Morgan fingerprint density at radius 3 is 3.08 bits per heavy atom. The Hall–Kier alpha value is -1.92. The minimum absolute atomic E-state index is 0.0413. The third-order valence-corrected chi connectivity index (χ3v) is 4.43. The van der Waals surface area contributed by atoms with Gasteiger partial charge in [0, 0.05) is 18.9 Å². The first-order chi connectivity index (χ1) is 11.8. The normalized spacial score (nSPS) is 20.4. The third-order valence-electron chi connectivity index (χ3n) is 4.43. The molecule has 0 unspecified atom stereocenters. The molecule has 1 saturated heterocycles. The van der Waals surface area contributed by atoms with Crippen molar-refractivity contribution in [2.24, 2.45) is 0 Å². The Bertz CT molecular complexity index is 643. The Morgan fingerprint density at radius 1 is 1.38 bits per heavy atom. The molecule has 24 heavy (non-hydrogen) atoms. The number of pyridine rings is 1. The van der Waals surface area contributed by atoms with Gasteiger partial charge in [0.2, 0.25) is 0 Å². The van der Waals surface area contributed by atoms with Crippen LogP contribution in [0.3, 0.4) is 0 Å².